The van der Waals surface area contributed by atoms with Crippen LogP contribution in [0.3, 0.4) is 0 Å². The monoisotopic (exact) mass is 309 g/mol. The van der Waals surface area contributed by atoms with Gasteiger partial charge in [0, 0.05) is 23.9 Å². The van der Waals surface area contributed by atoms with Crippen LogP contribution in [0.4, 0.5) is 0 Å². The van der Waals surface area contributed by atoms with Gasteiger partial charge in [0.2, 0.25) is 0 Å². The second kappa shape index (κ2) is 7.70. The van der Waals surface area contributed by atoms with E-state index in [0.29, 0.717) is 5.92 Å². The summed E-state index contributed by atoms with van der Waals surface area (Å²) >= 11 is 1.78. The Bertz CT molecular complexity index is 416. The van der Waals surface area contributed by atoms with Crippen LogP contribution in [-0.4, -0.2) is 36.1 Å². The third kappa shape index (κ3) is 5.68. The zero-order valence-electron chi connectivity index (χ0n) is 14.1. The van der Waals surface area contributed by atoms with Crippen LogP contribution in [0.15, 0.2) is 5.38 Å². The third-order valence-corrected chi connectivity index (χ3v) is 5.33. The molecule has 0 saturated carbocycles. The van der Waals surface area contributed by atoms with Gasteiger partial charge in [-0.3, -0.25) is 0 Å². The molecule has 0 bridgehead atoms. The average molecular weight is 310 g/mol. The highest BCUT2D eigenvalue weighted by atomic mass is 32.1. The van der Waals surface area contributed by atoms with E-state index in [4.69, 9.17) is 4.98 Å². The number of hydrogen-bond donors (Lipinski definition) is 1. The fourth-order valence-corrected chi connectivity index (χ4v) is 3.73. The summed E-state index contributed by atoms with van der Waals surface area (Å²) in [7, 11) is 0. The van der Waals surface area contributed by atoms with Crippen LogP contribution in [0, 0.1) is 5.92 Å². The normalized spacial score (nSPS) is 18.9. The molecule has 1 aromatic heterocycles. The number of aromatic nitrogens is 1. The van der Waals surface area contributed by atoms with Crippen LogP contribution in [0.2, 0.25) is 0 Å². The second-order valence-corrected chi connectivity index (χ2v) is 8.35. The molecule has 0 aliphatic carbocycles. The van der Waals surface area contributed by atoms with Crippen molar-refractivity contribution in [1.29, 1.82) is 0 Å². The summed E-state index contributed by atoms with van der Waals surface area (Å²) in [4.78, 5) is 7.36. The highest BCUT2D eigenvalue weighted by Gasteiger charge is 2.18. The fraction of sp³-hybridized carbons (Fsp3) is 0.824. The Hall–Kier alpha value is -0.450. The zero-order valence-corrected chi connectivity index (χ0v) is 14.9. The second-order valence-electron chi connectivity index (χ2n) is 7.49. The first-order valence-electron chi connectivity index (χ1n) is 8.33. The Morgan fingerprint density at radius 3 is 2.62 bits per heavy atom. The maximum atomic E-state index is 4.74. The number of likely N-dealkylation sites (tertiary alicyclic amines) is 1. The molecule has 2 heterocycles. The summed E-state index contributed by atoms with van der Waals surface area (Å²) in [5.74, 6) is 0.712. The van der Waals surface area contributed by atoms with Gasteiger partial charge in [-0.2, -0.15) is 0 Å². The number of nitrogens with one attached hydrogen (secondary N) is 1. The molecule has 3 nitrogen and oxygen atoms in total. The number of piperidine rings is 1. The maximum absolute atomic E-state index is 4.74. The zero-order chi connectivity index (χ0) is 15.3. The Kier molecular flexibility index (Phi) is 6.20. The van der Waals surface area contributed by atoms with Crippen molar-refractivity contribution in [2.45, 2.75) is 58.9 Å². The molecule has 1 atom stereocenters. The van der Waals surface area contributed by atoms with E-state index < -0.39 is 0 Å². The van der Waals surface area contributed by atoms with Gasteiger partial charge in [-0.25, -0.2) is 4.98 Å². The minimum Gasteiger partial charge on any atom is -0.311 e. The van der Waals surface area contributed by atoms with Crippen molar-refractivity contribution in [3.63, 3.8) is 0 Å². The summed E-state index contributed by atoms with van der Waals surface area (Å²) < 4.78 is 0. The Balaban J connectivity index is 1.67. The number of thiazole rings is 1. The highest BCUT2D eigenvalue weighted by Crippen LogP contribution is 2.25. The lowest BCUT2D eigenvalue weighted by Gasteiger charge is -2.29. The lowest BCUT2D eigenvalue weighted by molar-refractivity contribution is 0.199. The highest BCUT2D eigenvalue weighted by molar-refractivity contribution is 7.09. The Morgan fingerprint density at radius 2 is 2.00 bits per heavy atom. The SMILES string of the molecule is CC(CNCc1csc(C(C)(C)C)n1)CN1CCCCC1. The summed E-state index contributed by atoms with van der Waals surface area (Å²) in [5.41, 5.74) is 1.36. The van der Waals surface area contributed by atoms with Crippen LogP contribution < -0.4 is 5.32 Å². The van der Waals surface area contributed by atoms with E-state index in [2.05, 4.69) is 43.3 Å². The quantitative estimate of drug-likeness (QED) is 0.869. The van der Waals surface area contributed by atoms with E-state index in [-0.39, 0.29) is 5.41 Å². The molecule has 0 spiro atoms. The Morgan fingerprint density at radius 1 is 1.29 bits per heavy atom. The van der Waals surface area contributed by atoms with E-state index in [1.165, 1.54) is 49.6 Å². The third-order valence-electron chi connectivity index (χ3n) is 4.01. The van der Waals surface area contributed by atoms with Crippen LogP contribution in [0.1, 0.15) is 57.7 Å². The van der Waals surface area contributed by atoms with Crippen molar-refractivity contribution < 1.29 is 0 Å². The lowest BCUT2D eigenvalue weighted by Crippen LogP contribution is -2.36. The van der Waals surface area contributed by atoms with Crippen LogP contribution >= 0.6 is 11.3 Å². The molecule has 1 aliphatic rings. The number of hydrogen-bond acceptors (Lipinski definition) is 4. The van der Waals surface area contributed by atoms with Gasteiger partial charge in [-0.1, -0.05) is 34.1 Å². The smallest absolute Gasteiger partial charge is 0.0982 e. The van der Waals surface area contributed by atoms with Gasteiger partial charge < -0.3 is 10.2 Å². The molecule has 120 valence electrons. The van der Waals surface area contributed by atoms with Gasteiger partial charge in [0.1, 0.15) is 0 Å². The lowest BCUT2D eigenvalue weighted by atomic mass is 9.98. The standard InChI is InChI=1S/C17H31N3S/c1-14(12-20-8-6-5-7-9-20)10-18-11-15-13-21-16(19-15)17(2,3)4/h13-14,18H,5-12H2,1-4H3. The van der Waals surface area contributed by atoms with E-state index >= 15 is 0 Å². The molecule has 1 fully saturated rings. The molecule has 1 saturated heterocycles. The minimum absolute atomic E-state index is 0.171. The fourth-order valence-electron chi connectivity index (χ4n) is 2.83. The van der Waals surface area contributed by atoms with Gasteiger partial charge in [-0.05, 0) is 38.4 Å². The van der Waals surface area contributed by atoms with Gasteiger partial charge in [0.05, 0.1) is 10.7 Å². The van der Waals surface area contributed by atoms with E-state index in [0.717, 1.165) is 13.1 Å². The van der Waals surface area contributed by atoms with Crippen molar-refractivity contribution in [1.82, 2.24) is 15.2 Å². The van der Waals surface area contributed by atoms with Crippen molar-refractivity contribution >= 4 is 11.3 Å². The first-order chi connectivity index (χ1) is 9.95. The van der Waals surface area contributed by atoms with Gasteiger partial charge in [-0.15, -0.1) is 11.3 Å². The largest absolute Gasteiger partial charge is 0.311 e. The molecule has 0 amide bonds. The molecular formula is C17H31N3S. The Labute approximate surface area is 134 Å². The average Bonchev–Trinajstić information content (AvgIpc) is 2.88. The van der Waals surface area contributed by atoms with E-state index in [1.807, 2.05) is 0 Å². The predicted octanol–water partition coefficient (Wildman–Crippen LogP) is 3.65. The molecule has 0 aromatic carbocycles. The molecular weight excluding hydrogens is 278 g/mol. The van der Waals surface area contributed by atoms with Crippen LogP contribution in [-0.2, 0) is 12.0 Å². The molecule has 1 aromatic rings. The van der Waals surface area contributed by atoms with Gasteiger partial charge in [0.15, 0.2) is 0 Å². The van der Waals surface area contributed by atoms with Gasteiger partial charge in [0.25, 0.3) is 0 Å². The summed E-state index contributed by atoms with van der Waals surface area (Å²) in [6, 6.07) is 0. The van der Waals surface area contributed by atoms with Crippen molar-refractivity contribution in [3.05, 3.63) is 16.1 Å². The van der Waals surface area contributed by atoms with E-state index in [9.17, 15) is 0 Å². The van der Waals surface area contributed by atoms with E-state index in [1.54, 1.807) is 11.3 Å². The van der Waals surface area contributed by atoms with Crippen molar-refractivity contribution in [2.75, 3.05) is 26.2 Å². The predicted molar refractivity (Wildman–Crippen MR) is 92.0 cm³/mol. The number of nitrogens with zero attached hydrogens (tertiary/aromatic N) is 2. The molecule has 4 heteroatoms. The number of rotatable bonds is 6. The first kappa shape index (κ1) is 16.9. The minimum atomic E-state index is 0.171. The summed E-state index contributed by atoms with van der Waals surface area (Å²) in [6.07, 6.45) is 4.19. The summed E-state index contributed by atoms with van der Waals surface area (Å²) in [6.45, 7) is 14.8. The maximum Gasteiger partial charge on any atom is 0.0982 e. The van der Waals surface area contributed by atoms with Crippen molar-refractivity contribution in [3.8, 4) is 0 Å². The molecule has 2 rings (SSSR count). The molecule has 1 unspecified atom stereocenters. The van der Waals surface area contributed by atoms with Crippen molar-refractivity contribution in [2.24, 2.45) is 5.92 Å². The molecule has 1 N–H and O–H groups in total. The molecule has 0 radical (unpaired) electrons. The van der Waals surface area contributed by atoms with Crippen LogP contribution in [0.5, 0.6) is 0 Å². The topological polar surface area (TPSA) is 28.2 Å². The van der Waals surface area contributed by atoms with Gasteiger partial charge >= 0.3 is 0 Å². The summed E-state index contributed by atoms with van der Waals surface area (Å²) in [5, 5.41) is 7.01. The molecule has 21 heavy (non-hydrogen) atoms. The molecule has 1 aliphatic heterocycles. The first-order valence-corrected chi connectivity index (χ1v) is 9.21. The van der Waals surface area contributed by atoms with Crippen LogP contribution in [0.25, 0.3) is 0 Å².